The zero-order valence-electron chi connectivity index (χ0n) is 12.6. The fourth-order valence-electron chi connectivity index (χ4n) is 3.43. The molecule has 0 N–H and O–H groups in total. The SMILES string of the molecule is CN1CCC(c2nnc3ccc(N4CCCC4)nn23)CC1. The second kappa shape index (κ2) is 5.26. The van der Waals surface area contributed by atoms with Crippen LogP contribution in [0.25, 0.3) is 5.65 Å². The molecule has 0 amide bonds. The van der Waals surface area contributed by atoms with Crippen LogP contribution < -0.4 is 4.90 Å². The van der Waals surface area contributed by atoms with Crippen molar-refractivity contribution in [3.63, 3.8) is 0 Å². The third-order valence-electron chi connectivity index (χ3n) is 4.79. The van der Waals surface area contributed by atoms with Crippen LogP contribution in [0.3, 0.4) is 0 Å². The summed E-state index contributed by atoms with van der Waals surface area (Å²) in [5, 5.41) is 13.5. The number of anilines is 1. The van der Waals surface area contributed by atoms with Crippen molar-refractivity contribution in [2.45, 2.75) is 31.6 Å². The van der Waals surface area contributed by atoms with Crippen molar-refractivity contribution in [3.05, 3.63) is 18.0 Å². The molecule has 21 heavy (non-hydrogen) atoms. The van der Waals surface area contributed by atoms with Gasteiger partial charge in [-0.05, 0) is 58.0 Å². The van der Waals surface area contributed by atoms with E-state index in [4.69, 9.17) is 5.10 Å². The fraction of sp³-hybridized carbons (Fsp3) is 0.667. The molecule has 2 aliphatic heterocycles. The number of fused-ring (bicyclic) bond motifs is 1. The van der Waals surface area contributed by atoms with E-state index in [0.717, 1.165) is 56.3 Å². The summed E-state index contributed by atoms with van der Waals surface area (Å²) in [5.74, 6) is 2.59. The molecule has 4 heterocycles. The smallest absolute Gasteiger partial charge is 0.178 e. The molecule has 0 saturated carbocycles. The Balaban J connectivity index is 1.67. The Bertz CT molecular complexity index is 622. The lowest BCUT2D eigenvalue weighted by Crippen LogP contribution is -2.30. The molecule has 2 fully saturated rings. The van der Waals surface area contributed by atoms with E-state index in [1.807, 2.05) is 10.6 Å². The summed E-state index contributed by atoms with van der Waals surface area (Å²) in [4.78, 5) is 4.74. The van der Waals surface area contributed by atoms with Gasteiger partial charge in [-0.15, -0.1) is 15.3 Å². The minimum Gasteiger partial charge on any atom is -0.355 e. The molecular formula is C15H22N6. The largest absolute Gasteiger partial charge is 0.355 e. The first-order valence-electron chi connectivity index (χ1n) is 7.97. The second-order valence-electron chi connectivity index (χ2n) is 6.29. The van der Waals surface area contributed by atoms with Gasteiger partial charge in [-0.1, -0.05) is 0 Å². The Morgan fingerprint density at radius 3 is 2.52 bits per heavy atom. The van der Waals surface area contributed by atoms with Gasteiger partial charge in [0.05, 0.1) is 0 Å². The highest BCUT2D eigenvalue weighted by molar-refractivity contribution is 5.46. The first-order valence-corrected chi connectivity index (χ1v) is 7.97. The molecule has 0 aromatic carbocycles. The van der Waals surface area contributed by atoms with Crippen LogP contribution in [0.1, 0.15) is 37.4 Å². The van der Waals surface area contributed by atoms with Crippen molar-refractivity contribution in [3.8, 4) is 0 Å². The summed E-state index contributed by atoms with van der Waals surface area (Å²) in [5.41, 5.74) is 0.867. The minimum atomic E-state index is 0.484. The summed E-state index contributed by atoms with van der Waals surface area (Å²) in [6.45, 7) is 4.49. The van der Waals surface area contributed by atoms with Gasteiger partial charge < -0.3 is 9.80 Å². The Kier molecular flexibility index (Phi) is 3.25. The molecule has 112 valence electrons. The Hall–Kier alpha value is -1.69. The maximum Gasteiger partial charge on any atom is 0.178 e. The van der Waals surface area contributed by atoms with E-state index in [0.29, 0.717) is 5.92 Å². The highest BCUT2D eigenvalue weighted by Gasteiger charge is 2.24. The first-order chi connectivity index (χ1) is 10.3. The van der Waals surface area contributed by atoms with Crippen molar-refractivity contribution in [2.75, 3.05) is 38.1 Å². The zero-order valence-corrected chi connectivity index (χ0v) is 12.6. The molecule has 0 unspecified atom stereocenters. The molecule has 2 aliphatic rings. The molecular weight excluding hydrogens is 264 g/mol. The third kappa shape index (κ3) is 2.37. The van der Waals surface area contributed by atoms with Gasteiger partial charge in [-0.25, -0.2) is 0 Å². The van der Waals surface area contributed by atoms with Gasteiger partial charge in [0.25, 0.3) is 0 Å². The number of hydrogen-bond acceptors (Lipinski definition) is 5. The number of likely N-dealkylation sites (tertiary alicyclic amines) is 1. The van der Waals surface area contributed by atoms with E-state index < -0.39 is 0 Å². The Labute approximate surface area is 124 Å². The van der Waals surface area contributed by atoms with Crippen LogP contribution in [0.2, 0.25) is 0 Å². The summed E-state index contributed by atoms with van der Waals surface area (Å²) in [6.07, 6.45) is 4.83. The summed E-state index contributed by atoms with van der Waals surface area (Å²) < 4.78 is 1.98. The van der Waals surface area contributed by atoms with E-state index in [-0.39, 0.29) is 0 Å². The Morgan fingerprint density at radius 2 is 1.76 bits per heavy atom. The second-order valence-corrected chi connectivity index (χ2v) is 6.29. The van der Waals surface area contributed by atoms with Crippen molar-refractivity contribution < 1.29 is 0 Å². The molecule has 4 rings (SSSR count). The first kappa shape index (κ1) is 13.0. The Morgan fingerprint density at radius 1 is 1.00 bits per heavy atom. The van der Waals surface area contributed by atoms with Gasteiger partial charge in [-0.3, -0.25) is 0 Å². The number of aromatic nitrogens is 4. The van der Waals surface area contributed by atoms with Crippen LogP contribution in [0.4, 0.5) is 5.82 Å². The van der Waals surface area contributed by atoms with Crippen LogP contribution >= 0.6 is 0 Å². The molecule has 0 spiro atoms. The van der Waals surface area contributed by atoms with Gasteiger partial charge in [0.1, 0.15) is 5.82 Å². The van der Waals surface area contributed by atoms with Crippen LogP contribution in [0, 0.1) is 0 Å². The standard InChI is InChI=1S/C15H22N6/c1-19-10-6-12(7-11-19)15-17-16-13-4-5-14(18-21(13)15)20-8-2-3-9-20/h4-5,12H,2-3,6-11H2,1H3. The van der Waals surface area contributed by atoms with E-state index in [9.17, 15) is 0 Å². The molecule has 0 radical (unpaired) electrons. The monoisotopic (exact) mass is 286 g/mol. The van der Waals surface area contributed by atoms with E-state index in [2.05, 4.69) is 33.1 Å². The van der Waals surface area contributed by atoms with Crippen molar-refractivity contribution >= 4 is 11.5 Å². The van der Waals surface area contributed by atoms with Crippen LogP contribution in [0.15, 0.2) is 12.1 Å². The summed E-state index contributed by atoms with van der Waals surface area (Å²) >= 11 is 0. The van der Waals surface area contributed by atoms with Gasteiger partial charge in [-0.2, -0.15) is 4.52 Å². The molecule has 0 aliphatic carbocycles. The lowest BCUT2D eigenvalue weighted by molar-refractivity contribution is 0.250. The average Bonchev–Trinajstić information content (AvgIpc) is 3.17. The lowest BCUT2D eigenvalue weighted by Gasteiger charge is -2.27. The maximum absolute atomic E-state index is 4.82. The van der Waals surface area contributed by atoms with E-state index >= 15 is 0 Å². The van der Waals surface area contributed by atoms with Gasteiger partial charge >= 0.3 is 0 Å². The zero-order chi connectivity index (χ0) is 14.2. The predicted octanol–water partition coefficient (Wildman–Crippen LogP) is 1.53. The van der Waals surface area contributed by atoms with E-state index in [1.54, 1.807) is 0 Å². The molecule has 2 aromatic heterocycles. The molecule has 2 saturated heterocycles. The number of piperidine rings is 1. The van der Waals surface area contributed by atoms with Crippen molar-refractivity contribution in [2.24, 2.45) is 0 Å². The highest BCUT2D eigenvalue weighted by atomic mass is 15.4. The quantitative estimate of drug-likeness (QED) is 0.838. The van der Waals surface area contributed by atoms with E-state index in [1.165, 1.54) is 12.8 Å². The summed E-state index contributed by atoms with van der Waals surface area (Å²) in [7, 11) is 2.18. The number of nitrogens with zero attached hydrogens (tertiary/aromatic N) is 6. The van der Waals surface area contributed by atoms with Crippen LogP contribution in [-0.2, 0) is 0 Å². The number of hydrogen-bond donors (Lipinski definition) is 0. The molecule has 2 aromatic rings. The topological polar surface area (TPSA) is 49.6 Å². The molecule has 6 nitrogen and oxygen atoms in total. The minimum absolute atomic E-state index is 0.484. The highest BCUT2D eigenvalue weighted by Crippen LogP contribution is 2.27. The van der Waals surface area contributed by atoms with Gasteiger partial charge in [0.2, 0.25) is 0 Å². The molecule has 6 heteroatoms. The third-order valence-corrected chi connectivity index (χ3v) is 4.79. The normalized spacial score (nSPS) is 21.5. The lowest BCUT2D eigenvalue weighted by atomic mass is 9.96. The molecule has 0 atom stereocenters. The van der Waals surface area contributed by atoms with Crippen molar-refractivity contribution in [1.82, 2.24) is 24.7 Å². The number of rotatable bonds is 2. The summed E-state index contributed by atoms with van der Waals surface area (Å²) in [6, 6.07) is 4.12. The molecule has 0 bridgehead atoms. The maximum atomic E-state index is 4.82. The van der Waals surface area contributed by atoms with Crippen LogP contribution in [0.5, 0.6) is 0 Å². The van der Waals surface area contributed by atoms with Gasteiger partial charge in [0.15, 0.2) is 11.5 Å². The van der Waals surface area contributed by atoms with Gasteiger partial charge in [0, 0.05) is 19.0 Å². The van der Waals surface area contributed by atoms with Crippen LogP contribution in [-0.4, -0.2) is 57.9 Å². The predicted molar refractivity (Wildman–Crippen MR) is 81.7 cm³/mol. The fourth-order valence-corrected chi connectivity index (χ4v) is 3.43. The average molecular weight is 286 g/mol. The van der Waals surface area contributed by atoms with Crippen molar-refractivity contribution in [1.29, 1.82) is 0 Å².